The maximum absolute atomic E-state index is 14.1. The highest BCUT2D eigenvalue weighted by Gasteiger charge is 2.25. The highest BCUT2D eigenvalue weighted by Crippen LogP contribution is 2.33. The Bertz CT molecular complexity index is 893. The van der Waals surface area contributed by atoms with Crippen LogP contribution in [0, 0.1) is 5.82 Å². The van der Waals surface area contributed by atoms with E-state index in [9.17, 15) is 17.6 Å². The van der Waals surface area contributed by atoms with Crippen molar-refractivity contribution in [3.8, 4) is 17.2 Å². The first-order valence-corrected chi connectivity index (χ1v) is 8.27. The monoisotopic (exact) mass is 370 g/mol. The number of esters is 1. The molecule has 134 valence electrons. The van der Waals surface area contributed by atoms with Gasteiger partial charge in [-0.3, -0.25) is 0 Å². The quantitative estimate of drug-likeness (QED) is 0.570. The molecule has 9 heteroatoms. The van der Waals surface area contributed by atoms with Gasteiger partial charge in [0.25, 0.3) is 0 Å². The van der Waals surface area contributed by atoms with E-state index in [0.717, 1.165) is 12.1 Å². The standard InChI is InChI=1S/C16H15FO7S/c1-21-13-8-12(17)15(9-14(13)22-2)25(19,20)24-11-6-4-5-10(7-11)16(18)23-3/h4-9H,1-3H3. The normalized spacial score (nSPS) is 10.9. The van der Waals surface area contributed by atoms with Gasteiger partial charge in [-0.1, -0.05) is 6.07 Å². The van der Waals surface area contributed by atoms with Gasteiger partial charge in [0, 0.05) is 12.1 Å². The molecule has 0 atom stereocenters. The molecule has 0 unspecified atom stereocenters. The summed E-state index contributed by atoms with van der Waals surface area (Å²) < 4.78 is 58.2. The lowest BCUT2D eigenvalue weighted by molar-refractivity contribution is 0.0600. The number of hydrogen-bond acceptors (Lipinski definition) is 7. The summed E-state index contributed by atoms with van der Waals surface area (Å²) in [4.78, 5) is 10.8. The molecule has 0 N–H and O–H groups in total. The Labute approximate surface area is 144 Å². The SMILES string of the molecule is COC(=O)c1cccc(OS(=O)(=O)c2cc(OC)c(OC)cc2F)c1. The topological polar surface area (TPSA) is 88.1 Å². The highest BCUT2D eigenvalue weighted by atomic mass is 32.2. The zero-order chi connectivity index (χ0) is 18.6. The van der Waals surface area contributed by atoms with Crippen LogP contribution < -0.4 is 13.7 Å². The van der Waals surface area contributed by atoms with Crippen molar-refractivity contribution in [1.82, 2.24) is 0 Å². The van der Waals surface area contributed by atoms with E-state index in [0.29, 0.717) is 0 Å². The second kappa shape index (κ2) is 7.39. The van der Waals surface area contributed by atoms with E-state index in [1.807, 2.05) is 0 Å². The Morgan fingerprint density at radius 2 is 1.64 bits per heavy atom. The van der Waals surface area contributed by atoms with E-state index in [1.165, 1.54) is 45.6 Å². The van der Waals surface area contributed by atoms with Gasteiger partial charge in [0.15, 0.2) is 11.5 Å². The molecule has 0 aromatic heterocycles. The molecule has 25 heavy (non-hydrogen) atoms. The summed E-state index contributed by atoms with van der Waals surface area (Å²) >= 11 is 0. The lowest BCUT2D eigenvalue weighted by atomic mass is 10.2. The smallest absolute Gasteiger partial charge is 0.342 e. The van der Waals surface area contributed by atoms with Crippen LogP contribution in [0.2, 0.25) is 0 Å². The van der Waals surface area contributed by atoms with Crippen LogP contribution in [0.3, 0.4) is 0 Å². The van der Waals surface area contributed by atoms with Crippen LogP contribution in [0.15, 0.2) is 41.3 Å². The Kier molecular flexibility index (Phi) is 5.48. The van der Waals surface area contributed by atoms with Gasteiger partial charge in [-0.2, -0.15) is 8.42 Å². The van der Waals surface area contributed by atoms with E-state index in [1.54, 1.807) is 0 Å². The van der Waals surface area contributed by atoms with Crippen molar-refractivity contribution in [1.29, 1.82) is 0 Å². The van der Waals surface area contributed by atoms with Gasteiger partial charge in [0.05, 0.1) is 26.9 Å². The highest BCUT2D eigenvalue weighted by molar-refractivity contribution is 7.87. The van der Waals surface area contributed by atoms with Crippen LogP contribution >= 0.6 is 0 Å². The molecule has 0 fully saturated rings. The van der Waals surface area contributed by atoms with Gasteiger partial charge in [0.2, 0.25) is 0 Å². The van der Waals surface area contributed by atoms with Crippen LogP contribution in [0.4, 0.5) is 4.39 Å². The van der Waals surface area contributed by atoms with Crippen LogP contribution in [0.5, 0.6) is 17.2 Å². The number of benzene rings is 2. The van der Waals surface area contributed by atoms with Crippen molar-refractivity contribution in [2.75, 3.05) is 21.3 Å². The first kappa shape index (κ1) is 18.5. The maximum atomic E-state index is 14.1. The minimum absolute atomic E-state index is 0.0226. The van der Waals surface area contributed by atoms with Gasteiger partial charge >= 0.3 is 16.1 Å². The molecule has 0 aliphatic carbocycles. The van der Waals surface area contributed by atoms with Crippen molar-refractivity contribution < 1.29 is 36.0 Å². The molecular weight excluding hydrogens is 355 g/mol. The van der Waals surface area contributed by atoms with E-state index in [4.69, 9.17) is 13.7 Å². The van der Waals surface area contributed by atoms with E-state index >= 15 is 0 Å². The predicted octanol–water partition coefficient (Wildman–Crippen LogP) is 2.40. The van der Waals surface area contributed by atoms with E-state index in [-0.39, 0.29) is 22.8 Å². The van der Waals surface area contributed by atoms with Gasteiger partial charge in [0.1, 0.15) is 16.5 Å². The lowest BCUT2D eigenvalue weighted by Crippen LogP contribution is -2.13. The molecule has 0 aliphatic rings. The fourth-order valence-electron chi connectivity index (χ4n) is 1.99. The van der Waals surface area contributed by atoms with Crippen molar-refractivity contribution in [3.05, 3.63) is 47.8 Å². The fourth-order valence-corrected chi connectivity index (χ4v) is 2.99. The van der Waals surface area contributed by atoms with Crippen molar-refractivity contribution in [3.63, 3.8) is 0 Å². The molecule has 0 saturated heterocycles. The van der Waals surface area contributed by atoms with Gasteiger partial charge in [-0.25, -0.2) is 9.18 Å². The summed E-state index contributed by atoms with van der Waals surface area (Å²) in [5.41, 5.74) is 0.0861. The number of methoxy groups -OCH3 is 3. The third-order valence-corrected chi connectivity index (χ3v) is 4.43. The molecule has 7 nitrogen and oxygen atoms in total. The minimum Gasteiger partial charge on any atom is -0.493 e. The zero-order valence-electron chi connectivity index (χ0n) is 13.6. The van der Waals surface area contributed by atoms with Gasteiger partial charge in [-0.05, 0) is 18.2 Å². The molecular formula is C16H15FO7S. The molecule has 0 aliphatic heterocycles. The van der Waals surface area contributed by atoms with Crippen LogP contribution in [0.25, 0.3) is 0 Å². The predicted molar refractivity (Wildman–Crippen MR) is 85.1 cm³/mol. The number of hydrogen-bond donors (Lipinski definition) is 0. The molecule has 2 aromatic carbocycles. The largest absolute Gasteiger partial charge is 0.493 e. The maximum Gasteiger partial charge on any atom is 0.342 e. The molecule has 0 radical (unpaired) electrons. The number of ether oxygens (including phenoxy) is 3. The third-order valence-electron chi connectivity index (χ3n) is 3.17. The fraction of sp³-hybridized carbons (Fsp3) is 0.188. The summed E-state index contributed by atoms with van der Waals surface area (Å²) in [5.74, 6) is -1.85. The number of halogens is 1. The summed E-state index contributed by atoms with van der Waals surface area (Å²) in [5, 5.41) is 0. The van der Waals surface area contributed by atoms with E-state index in [2.05, 4.69) is 4.74 Å². The Hall–Kier alpha value is -2.81. The molecule has 0 amide bonds. The van der Waals surface area contributed by atoms with Crippen molar-refractivity contribution >= 4 is 16.1 Å². The van der Waals surface area contributed by atoms with Gasteiger partial charge < -0.3 is 18.4 Å². The molecule has 2 rings (SSSR count). The third kappa shape index (κ3) is 4.00. The number of carbonyl (C=O) groups is 1. The van der Waals surface area contributed by atoms with E-state index < -0.39 is 26.8 Å². The first-order valence-electron chi connectivity index (χ1n) is 6.86. The summed E-state index contributed by atoms with van der Waals surface area (Å²) in [6.07, 6.45) is 0. The lowest BCUT2D eigenvalue weighted by Gasteiger charge is -2.12. The molecule has 2 aromatic rings. The van der Waals surface area contributed by atoms with Crippen molar-refractivity contribution in [2.24, 2.45) is 0 Å². The van der Waals surface area contributed by atoms with Gasteiger partial charge in [-0.15, -0.1) is 0 Å². The molecule has 0 bridgehead atoms. The second-order valence-corrected chi connectivity index (χ2v) is 6.21. The summed E-state index contributed by atoms with van der Waals surface area (Å²) in [6.45, 7) is 0. The summed E-state index contributed by atoms with van der Waals surface area (Å²) in [6, 6.07) is 7.13. The Balaban J connectivity index is 2.42. The second-order valence-electron chi connectivity index (χ2n) is 4.69. The minimum atomic E-state index is -4.51. The average Bonchev–Trinajstić information content (AvgIpc) is 2.60. The first-order chi connectivity index (χ1) is 11.8. The van der Waals surface area contributed by atoms with Crippen LogP contribution in [0.1, 0.15) is 10.4 Å². The van der Waals surface area contributed by atoms with Crippen molar-refractivity contribution in [2.45, 2.75) is 4.90 Å². The number of rotatable bonds is 6. The average molecular weight is 370 g/mol. The molecule has 0 heterocycles. The van der Waals surface area contributed by atoms with Crippen LogP contribution in [-0.2, 0) is 14.9 Å². The molecule has 0 spiro atoms. The van der Waals surface area contributed by atoms with Crippen LogP contribution in [-0.4, -0.2) is 35.7 Å². The zero-order valence-corrected chi connectivity index (χ0v) is 14.4. The Morgan fingerprint density at radius 1 is 1.00 bits per heavy atom. The summed E-state index contributed by atoms with van der Waals surface area (Å²) in [7, 11) is -0.751. The molecule has 0 saturated carbocycles. The Morgan fingerprint density at radius 3 is 2.24 bits per heavy atom. The number of carbonyl (C=O) groups excluding carboxylic acids is 1.